The number of hydrogen-bond donors (Lipinski definition) is 1. The average Bonchev–Trinajstić information content (AvgIpc) is 2.74. The van der Waals surface area contributed by atoms with Gasteiger partial charge in [0.05, 0.1) is 13.2 Å². The lowest BCUT2D eigenvalue weighted by atomic mass is 10.2. The van der Waals surface area contributed by atoms with Gasteiger partial charge in [-0.05, 0) is 26.0 Å². The minimum Gasteiger partial charge on any atom is -0.490 e. The maximum Gasteiger partial charge on any atom is 0.248 e. The third-order valence-electron chi connectivity index (χ3n) is 3.04. The predicted octanol–water partition coefficient (Wildman–Crippen LogP) is 2.71. The average molecular weight is 275 g/mol. The molecule has 0 amide bonds. The first-order valence-corrected chi connectivity index (χ1v) is 6.69. The maximum absolute atomic E-state index is 5.66. The van der Waals surface area contributed by atoms with Crippen LogP contribution in [0.15, 0.2) is 22.7 Å². The molecule has 20 heavy (non-hydrogen) atoms. The van der Waals surface area contributed by atoms with Crippen LogP contribution in [-0.4, -0.2) is 23.4 Å². The molecule has 106 valence electrons. The standard InChI is InChI=1S/C14H17N3O3/c1-9(14-16-10(2)17-20-14)15-11-4-5-12-13(8-11)19-7-3-6-18-12/h4-5,8-9,15H,3,6-7H2,1-2H3/t9-/m0/s1. The van der Waals surface area contributed by atoms with Crippen LogP contribution in [0.2, 0.25) is 0 Å². The summed E-state index contributed by atoms with van der Waals surface area (Å²) in [4.78, 5) is 4.21. The number of nitrogens with one attached hydrogen (secondary N) is 1. The molecule has 1 aliphatic rings. The molecule has 2 aromatic rings. The minimum atomic E-state index is -0.0686. The first kappa shape index (κ1) is 12.8. The Morgan fingerprint density at radius 1 is 1.20 bits per heavy atom. The van der Waals surface area contributed by atoms with E-state index in [0.717, 1.165) is 23.6 Å². The minimum absolute atomic E-state index is 0.0686. The van der Waals surface area contributed by atoms with Gasteiger partial charge < -0.3 is 19.3 Å². The lowest BCUT2D eigenvalue weighted by molar-refractivity contribution is 0.297. The Balaban J connectivity index is 1.76. The molecular formula is C14H17N3O3. The summed E-state index contributed by atoms with van der Waals surface area (Å²) in [5.41, 5.74) is 0.928. The summed E-state index contributed by atoms with van der Waals surface area (Å²) in [6, 6.07) is 5.73. The molecule has 1 atom stereocenters. The fourth-order valence-electron chi connectivity index (χ4n) is 2.05. The second-order valence-electron chi connectivity index (χ2n) is 4.76. The normalized spacial score (nSPS) is 15.5. The first-order chi connectivity index (χ1) is 9.72. The molecule has 1 N–H and O–H groups in total. The van der Waals surface area contributed by atoms with Crippen molar-refractivity contribution in [3.05, 3.63) is 29.9 Å². The molecule has 0 unspecified atom stereocenters. The largest absolute Gasteiger partial charge is 0.490 e. The molecular weight excluding hydrogens is 258 g/mol. The molecule has 1 aliphatic heterocycles. The topological polar surface area (TPSA) is 69.4 Å². The van der Waals surface area contributed by atoms with Crippen LogP contribution in [0.5, 0.6) is 11.5 Å². The predicted molar refractivity (Wildman–Crippen MR) is 73.1 cm³/mol. The summed E-state index contributed by atoms with van der Waals surface area (Å²) in [6.45, 7) is 5.13. The molecule has 0 saturated heterocycles. The van der Waals surface area contributed by atoms with E-state index < -0.39 is 0 Å². The number of rotatable bonds is 3. The van der Waals surface area contributed by atoms with Gasteiger partial charge in [0.1, 0.15) is 6.04 Å². The number of anilines is 1. The molecule has 0 bridgehead atoms. The van der Waals surface area contributed by atoms with E-state index in [4.69, 9.17) is 14.0 Å². The van der Waals surface area contributed by atoms with Gasteiger partial charge in [0.2, 0.25) is 5.89 Å². The van der Waals surface area contributed by atoms with Gasteiger partial charge in [-0.2, -0.15) is 4.98 Å². The van der Waals surface area contributed by atoms with Crippen molar-refractivity contribution in [3.63, 3.8) is 0 Å². The highest BCUT2D eigenvalue weighted by molar-refractivity contribution is 5.55. The van der Waals surface area contributed by atoms with E-state index in [9.17, 15) is 0 Å². The summed E-state index contributed by atoms with van der Waals surface area (Å²) in [5.74, 6) is 2.75. The highest BCUT2D eigenvalue weighted by Gasteiger charge is 2.15. The van der Waals surface area contributed by atoms with Crippen molar-refractivity contribution in [1.82, 2.24) is 10.1 Å². The molecule has 2 heterocycles. The van der Waals surface area contributed by atoms with Gasteiger partial charge in [0.15, 0.2) is 17.3 Å². The lowest BCUT2D eigenvalue weighted by Gasteiger charge is -2.13. The third-order valence-corrected chi connectivity index (χ3v) is 3.04. The Labute approximate surface area is 117 Å². The molecule has 0 aliphatic carbocycles. The molecule has 1 aromatic heterocycles. The van der Waals surface area contributed by atoms with Crippen molar-refractivity contribution in [2.24, 2.45) is 0 Å². The Morgan fingerprint density at radius 2 is 2.00 bits per heavy atom. The molecule has 1 aromatic carbocycles. The van der Waals surface area contributed by atoms with E-state index in [2.05, 4.69) is 15.5 Å². The highest BCUT2D eigenvalue weighted by atomic mass is 16.5. The number of ether oxygens (including phenoxy) is 2. The van der Waals surface area contributed by atoms with Gasteiger partial charge in [-0.1, -0.05) is 5.16 Å². The Kier molecular flexibility index (Phi) is 3.45. The summed E-state index contributed by atoms with van der Waals surface area (Å²) >= 11 is 0. The van der Waals surface area contributed by atoms with Gasteiger partial charge in [-0.15, -0.1) is 0 Å². The van der Waals surface area contributed by atoms with E-state index in [1.165, 1.54) is 0 Å². The van der Waals surface area contributed by atoms with E-state index >= 15 is 0 Å². The zero-order chi connectivity index (χ0) is 13.9. The Bertz CT molecular complexity index is 597. The van der Waals surface area contributed by atoms with E-state index in [1.54, 1.807) is 6.92 Å². The fraction of sp³-hybridized carbons (Fsp3) is 0.429. The maximum atomic E-state index is 5.66. The van der Waals surface area contributed by atoms with Gasteiger partial charge in [-0.3, -0.25) is 0 Å². The second-order valence-corrected chi connectivity index (χ2v) is 4.76. The van der Waals surface area contributed by atoms with Crippen molar-refractivity contribution in [3.8, 4) is 11.5 Å². The monoisotopic (exact) mass is 275 g/mol. The summed E-state index contributed by atoms with van der Waals surface area (Å²) in [5, 5.41) is 7.10. The van der Waals surface area contributed by atoms with Gasteiger partial charge in [-0.25, -0.2) is 0 Å². The smallest absolute Gasteiger partial charge is 0.248 e. The molecule has 0 fully saturated rings. The number of aromatic nitrogens is 2. The fourth-order valence-corrected chi connectivity index (χ4v) is 2.05. The van der Waals surface area contributed by atoms with Crippen LogP contribution in [0.25, 0.3) is 0 Å². The Morgan fingerprint density at radius 3 is 2.75 bits per heavy atom. The van der Waals surface area contributed by atoms with Crippen LogP contribution in [-0.2, 0) is 0 Å². The number of aryl methyl sites for hydroxylation is 1. The SMILES string of the molecule is Cc1noc([C@H](C)Nc2ccc3c(c2)OCCCO3)n1. The van der Waals surface area contributed by atoms with Crippen LogP contribution in [0.1, 0.15) is 31.1 Å². The van der Waals surface area contributed by atoms with E-state index in [1.807, 2.05) is 25.1 Å². The van der Waals surface area contributed by atoms with Crippen molar-refractivity contribution in [2.45, 2.75) is 26.3 Å². The van der Waals surface area contributed by atoms with E-state index in [-0.39, 0.29) is 6.04 Å². The van der Waals surface area contributed by atoms with Crippen LogP contribution < -0.4 is 14.8 Å². The van der Waals surface area contributed by atoms with Gasteiger partial charge in [0, 0.05) is 18.2 Å². The van der Waals surface area contributed by atoms with Gasteiger partial charge in [0.25, 0.3) is 0 Å². The molecule has 0 radical (unpaired) electrons. The van der Waals surface area contributed by atoms with Crippen molar-refractivity contribution in [2.75, 3.05) is 18.5 Å². The molecule has 0 saturated carbocycles. The number of nitrogens with zero attached hydrogens (tertiary/aromatic N) is 2. The lowest BCUT2D eigenvalue weighted by Crippen LogP contribution is -2.07. The van der Waals surface area contributed by atoms with Crippen LogP contribution >= 0.6 is 0 Å². The van der Waals surface area contributed by atoms with Gasteiger partial charge >= 0.3 is 0 Å². The first-order valence-electron chi connectivity index (χ1n) is 6.69. The zero-order valence-electron chi connectivity index (χ0n) is 11.5. The number of benzene rings is 1. The molecule has 6 heteroatoms. The summed E-state index contributed by atoms with van der Waals surface area (Å²) < 4.78 is 16.4. The van der Waals surface area contributed by atoms with Crippen LogP contribution in [0.4, 0.5) is 5.69 Å². The number of fused-ring (bicyclic) bond motifs is 1. The van der Waals surface area contributed by atoms with E-state index in [0.29, 0.717) is 24.9 Å². The van der Waals surface area contributed by atoms with Crippen molar-refractivity contribution >= 4 is 5.69 Å². The second kappa shape index (κ2) is 5.40. The zero-order valence-corrected chi connectivity index (χ0v) is 11.5. The Hall–Kier alpha value is -2.24. The third kappa shape index (κ3) is 2.68. The summed E-state index contributed by atoms with van der Waals surface area (Å²) in [6.07, 6.45) is 0.898. The number of hydrogen-bond acceptors (Lipinski definition) is 6. The van der Waals surface area contributed by atoms with Crippen LogP contribution in [0, 0.1) is 6.92 Å². The molecule has 6 nitrogen and oxygen atoms in total. The van der Waals surface area contributed by atoms with Crippen molar-refractivity contribution < 1.29 is 14.0 Å². The van der Waals surface area contributed by atoms with Crippen LogP contribution in [0.3, 0.4) is 0 Å². The highest BCUT2D eigenvalue weighted by Crippen LogP contribution is 2.33. The molecule has 0 spiro atoms. The van der Waals surface area contributed by atoms with Crippen molar-refractivity contribution in [1.29, 1.82) is 0 Å². The quantitative estimate of drug-likeness (QED) is 0.928. The summed E-state index contributed by atoms with van der Waals surface area (Å²) in [7, 11) is 0. The molecule has 3 rings (SSSR count).